The molecule has 77 heavy (non-hydrogen) atoms. The minimum Gasteiger partial charge on any atom is -0.435 e. The summed E-state index contributed by atoms with van der Waals surface area (Å²) in [5.74, 6) is 1.06. The van der Waals surface area contributed by atoms with Crippen LogP contribution < -0.4 is 30.5 Å². The number of rotatable bonds is 10. The Kier molecular flexibility index (Phi) is 10.4. The van der Waals surface area contributed by atoms with Crippen molar-refractivity contribution in [2.24, 2.45) is 0 Å². The zero-order valence-corrected chi connectivity index (χ0v) is 42.7. The SMILES string of the molecule is c1ccc(-c2nc3c(N(c4ccccc4)c4ccc5ccccc5c4)cc4c(c3o2)-c2c(cc(N(c3ccccc3)c3ccc5ccccc5c3)c3nc(-c5ccccc5)oc23)[Si]4(c2ccccc2)c2ccccc2)cc1. The lowest BCUT2D eigenvalue weighted by molar-refractivity contribution is 0.617. The normalized spacial score (nSPS) is 12.5. The summed E-state index contributed by atoms with van der Waals surface area (Å²) in [5, 5.41) is 9.39. The summed E-state index contributed by atoms with van der Waals surface area (Å²) in [6.45, 7) is 0. The van der Waals surface area contributed by atoms with Gasteiger partial charge in [-0.2, -0.15) is 0 Å². The second-order valence-electron chi connectivity index (χ2n) is 19.6. The third kappa shape index (κ3) is 7.16. The van der Waals surface area contributed by atoms with E-state index in [0.29, 0.717) is 22.9 Å². The van der Waals surface area contributed by atoms with Gasteiger partial charge in [-0.15, -0.1) is 0 Å². The molecule has 0 fully saturated rings. The van der Waals surface area contributed by atoms with E-state index in [2.05, 4.69) is 252 Å². The number of nitrogens with zero attached hydrogens (tertiary/aromatic N) is 4. The van der Waals surface area contributed by atoms with Crippen LogP contribution >= 0.6 is 0 Å². The number of hydrogen-bond donors (Lipinski definition) is 0. The quantitative estimate of drug-likeness (QED) is 0.127. The fourth-order valence-electron chi connectivity index (χ4n) is 11.9. The van der Waals surface area contributed by atoms with Gasteiger partial charge in [0.25, 0.3) is 0 Å². The Hall–Kier alpha value is -10.1. The van der Waals surface area contributed by atoms with Crippen molar-refractivity contribution in [2.45, 2.75) is 0 Å². The molecule has 0 aliphatic carbocycles. The third-order valence-corrected chi connectivity index (χ3v) is 20.1. The molecule has 2 aromatic heterocycles. The predicted molar refractivity (Wildman–Crippen MR) is 319 cm³/mol. The standard InChI is InChI=1S/C70H46N4O2Si/c1-7-25-49(26-8-1)69-71-65-59(73(53-31-11-3-12-32-53)55-41-39-47-23-19-21-29-51(47)43-55)45-61-63(67(65)75-69)64-62(77(61,57-35-15-5-16-36-57)58-37-17-6-18-38-58)46-60(66-68(64)76-70(72-66)50-27-9-2-10-28-50)74(54-33-13-4-14-34-54)56-42-40-48-24-20-22-30-52(48)44-56/h1-46H. The van der Waals surface area contributed by atoms with Gasteiger partial charge in [0.05, 0.1) is 11.4 Å². The molecule has 14 aromatic rings. The first-order valence-corrected chi connectivity index (χ1v) is 28.1. The van der Waals surface area contributed by atoms with E-state index < -0.39 is 8.07 Å². The van der Waals surface area contributed by atoms with Gasteiger partial charge in [0.2, 0.25) is 11.8 Å². The molecule has 0 amide bonds. The largest absolute Gasteiger partial charge is 0.435 e. The molecule has 0 atom stereocenters. The summed E-state index contributed by atoms with van der Waals surface area (Å²) >= 11 is 0. The van der Waals surface area contributed by atoms with Crippen LogP contribution in [0.4, 0.5) is 34.1 Å². The highest BCUT2D eigenvalue weighted by molar-refractivity contribution is 7.22. The van der Waals surface area contributed by atoms with Crippen LogP contribution in [0.2, 0.25) is 0 Å². The Morgan fingerprint density at radius 1 is 0.299 bits per heavy atom. The van der Waals surface area contributed by atoms with Crippen LogP contribution in [-0.2, 0) is 0 Å². The molecule has 0 unspecified atom stereocenters. The van der Waals surface area contributed by atoms with E-state index in [-0.39, 0.29) is 0 Å². The molecule has 362 valence electrons. The number of oxazole rings is 2. The van der Waals surface area contributed by atoms with Gasteiger partial charge in [-0.1, -0.05) is 194 Å². The Labute approximate surface area is 446 Å². The number of aromatic nitrogens is 2. The minimum atomic E-state index is -3.47. The van der Waals surface area contributed by atoms with E-state index in [4.69, 9.17) is 18.8 Å². The van der Waals surface area contributed by atoms with Crippen LogP contribution in [0, 0.1) is 0 Å². The molecule has 0 saturated heterocycles. The van der Waals surface area contributed by atoms with Crippen molar-refractivity contribution in [3.05, 3.63) is 279 Å². The van der Waals surface area contributed by atoms with Gasteiger partial charge in [0.1, 0.15) is 11.0 Å². The van der Waals surface area contributed by atoms with E-state index in [0.717, 1.165) is 88.6 Å². The number of benzene rings is 12. The zero-order valence-electron chi connectivity index (χ0n) is 41.7. The molecule has 12 aromatic carbocycles. The number of para-hydroxylation sites is 2. The van der Waals surface area contributed by atoms with Crippen LogP contribution in [0.15, 0.2) is 288 Å². The maximum atomic E-state index is 7.46. The van der Waals surface area contributed by atoms with E-state index in [1.54, 1.807) is 0 Å². The molecule has 0 N–H and O–H groups in total. The van der Waals surface area contributed by atoms with E-state index >= 15 is 0 Å². The molecule has 1 aliphatic rings. The molecule has 0 bridgehead atoms. The Balaban J connectivity index is 1.13. The Morgan fingerprint density at radius 2 is 0.636 bits per heavy atom. The number of fused-ring (bicyclic) bond motifs is 9. The van der Waals surface area contributed by atoms with Crippen LogP contribution in [0.5, 0.6) is 0 Å². The van der Waals surface area contributed by atoms with Gasteiger partial charge < -0.3 is 18.6 Å². The fourth-order valence-corrected chi connectivity index (χ4v) is 17.1. The van der Waals surface area contributed by atoms with Gasteiger partial charge in [0.15, 0.2) is 19.2 Å². The van der Waals surface area contributed by atoms with Crippen molar-refractivity contribution in [1.82, 2.24) is 9.97 Å². The van der Waals surface area contributed by atoms with Crippen molar-refractivity contribution in [3.63, 3.8) is 0 Å². The molecular weight excluding hydrogens is 957 g/mol. The fraction of sp³-hybridized carbons (Fsp3) is 0. The van der Waals surface area contributed by atoms with Crippen LogP contribution in [-0.4, -0.2) is 18.0 Å². The third-order valence-electron chi connectivity index (χ3n) is 15.3. The first kappa shape index (κ1) is 44.4. The Morgan fingerprint density at radius 3 is 1.03 bits per heavy atom. The summed E-state index contributed by atoms with van der Waals surface area (Å²) in [7, 11) is -3.47. The predicted octanol–water partition coefficient (Wildman–Crippen LogP) is 15.9. The highest BCUT2D eigenvalue weighted by atomic mass is 28.3. The van der Waals surface area contributed by atoms with Crippen molar-refractivity contribution in [2.75, 3.05) is 9.80 Å². The van der Waals surface area contributed by atoms with Gasteiger partial charge in [-0.25, -0.2) is 9.97 Å². The van der Waals surface area contributed by atoms with Crippen LogP contribution in [0.25, 0.3) is 77.8 Å². The molecule has 15 rings (SSSR count). The summed E-state index contributed by atoms with van der Waals surface area (Å²) in [5.41, 5.74) is 12.3. The Bertz CT molecular complexity index is 4220. The molecule has 1 aliphatic heterocycles. The van der Waals surface area contributed by atoms with Crippen molar-refractivity contribution < 1.29 is 8.83 Å². The summed E-state index contributed by atoms with van der Waals surface area (Å²) in [4.78, 5) is 15.9. The van der Waals surface area contributed by atoms with Gasteiger partial charge in [-0.05, 0) is 127 Å². The topological polar surface area (TPSA) is 58.5 Å². The van der Waals surface area contributed by atoms with Crippen molar-refractivity contribution in [3.8, 4) is 34.0 Å². The van der Waals surface area contributed by atoms with Crippen molar-refractivity contribution >= 4 is 107 Å². The first-order chi connectivity index (χ1) is 38.2. The molecule has 0 radical (unpaired) electrons. The first-order valence-electron chi connectivity index (χ1n) is 26.1. The maximum Gasteiger partial charge on any atom is 0.227 e. The van der Waals surface area contributed by atoms with E-state index in [9.17, 15) is 0 Å². The lowest BCUT2D eigenvalue weighted by Gasteiger charge is -2.33. The second kappa shape index (κ2) is 18.1. The average Bonchev–Trinajstić information content (AvgIpc) is 4.36. The summed E-state index contributed by atoms with van der Waals surface area (Å²) < 4.78 is 14.9. The molecule has 3 heterocycles. The lowest BCUT2D eigenvalue weighted by Crippen LogP contribution is -2.72. The summed E-state index contributed by atoms with van der Waals surface area (Å²) in [6.07, 6.45) is 0. The van der Waals surface area contributed by atoms with E-state index in [1.807, 2.05) is 36.4 Å². The van der Waals surface area contributed by atoms with Crippen LogP contribution in [0.1, 0.15) is 0 Å². The van der Waals surface area contributed by atoms with Crippen molar-refractivity contribution in [1.29, 1.82) is 0 Å². The lowest BCUT2D eigenvalue weighted by atomic mass is 10.0. The van der Waals surface area contributed by atoms with Gasteiger partial charge in [-0.3, -0.25) is 0 Å². The monoisotopic (exact) mass is 1000 g/mol. The van der Waals surface area contributed by atoms with E-state index in [1.165, 1.54) is 21.1 Å². The highest BCUT2D eigenvalue weighted by Crippen LogP contribution is 2.50. The second-order valence-corrected chi connectivity index (χ2v) is 23.4. The number of hydrogen-bond acceptors (Lipinski definition) is 6. The van der Waals surface area contributed by atoms with Gasteiger partial charge >= 0.3 is 0 Å². The average molecular weight is 1000 g/mol. The zero-order chi connectivity index (χ0) is 50.9. The molecule has 0 saturated carbocycles. The maximum absolute atomic E-state index is 7.46. The number of anilines is 6. The summed E-state index contributed by atoms with van der Waals surface area (Å²) in [6, 6.07) is 99.5. The molecule has 7 heteroatoms. The minimum absolute atomic E-state index is 0.531. The highest BCUT2D eigenvalue weighted by Gasteiger charge is 2.53. The molecule has 6 nitrogen and oxygen atoms in total. The molecular formula is C70H46N4O2Si. The van der Waals surface area contributed by atoms with Crippen LogP contribution in [0.3, 0.4) is 0 Å². The van der Waals surface area contributed by atoms with Gasteiger partial charge in [0, 0.05) is 45.0 Å². The smallest absolute Gasteiger partial charge is 0.227 e. The molecule has 0 spiro atoms.